The summed E-state index contributed by atoms with van der Waals surface area (Å²) in [6.45, 7) is 7.67. The molecule has 2 heterocycles. The molecule has 5 nitrogen and oxygen atoms in total. The third-order valence-corrected chi connectivity index (χ3v) is 8.99. The summed E-state index contributed by atoms with van der Waals surface area (Å²) in [5.41, 5.74) is 6.48. The Kier molecular flexibility index (Phi) is 5.20. The Morgan fingerprint density at radius 3 is 2.63 bits per heavy atom. The fraction of sp³-hybridized carbons (Fsp3) is 0.433. The van der Waals surface area contributed by atoms with Gasteiger partial charge in [0.15, 0.2) is 0 Å². The monoisotopic (exact) mass is 469 g/mol. The molecule has 3 aromatic rings. The number of carbonyl (C=O) groups is 1. The number of hydrogen-bond acceptors (Lipinski definition) is 3. The van der Waals surface area contributed by atoms with Gasteiger partial charge in [-0.25, -0.2) is 0 Å². The summed E-state index contributed by atoms with van der Waals surface area (Å²) in [4.78, 5) is 19.4. The van der Waals surface area contributed by atoms with E-state index >= 15 is 0 Å². The van der Waals surface area contributed by atoms with Gasteiger partial charge in [0.2, 0.25) is 0 Å². The van der Waals surface area contributed by atoms with Crippen molar-refractivity contribution >= 4 is 5.91 Å². The molecule has 6 rings (SSSR count). The van der Waals surface area contributed by atoms with Gasteiger partial charge >= 0.3 is 0 Å². The van der Waals surface area contributed by atoms with Crippen molar-refractivity contribution in [3.05, 3.63) is 93.8 Å². The zero-order chi connectivity index (χ0) is 24.4. The maximum Gasteiger partial charge on any atom is 0.271 e. The molecule has 0 saturated carbocycles. The summed E-state index contributed by atoms with van der Waals surface area (Å²) in [5.74, 6) is 0.0321. The molecular formula is C30H35N3O2. The predicted molar refractivity (Wildman–Crippen MR) is 138 cm³/mol. The number of hydrogen-bond donors (Lipinski definition) is 3. The lowest BCUT2D eigenvalue weighted by Gasteiger charge is -2.60. The van der Waals surface area contributed by atoms with E-state index < -0.39 is 5.60 Å². The number of nitrogens with zero attached hydrogens (tertiary/aromatic N) is 1. The van der Waals surface area contributed by atoms with Gasteiger partial charge in [0.05, 0.1) is 5.60 Å². The summed E-state index contributed by atoms with van der Waals surface area (Å²) in [6.07, 6.45) is 3.05. The SMILES string of the molecule is Cc1c(C(=O)N(Cc2ccccc2)C(C)C)[nH]c2c1C[C@@]1(O)[C@@H]3Cc4ccccc4[C@@]1(CCN3)C2. The molecule has 3 N–H and O–H groups in total. The third-order valence-electron chi connectivity index (χ3n) is 8.99. The molecule has 0 spiro atoms. The lowest BCUT2D eigenvalue weighted by molar-refractivity contribution is -0.106. The van der Waals surface area contributed by atoms with Crippen molar-refractivity contribution in [2.75, 3.05) is 6.54 Å². The van der Waals surface area contributed by atoms with Crippen LogP contribution >= 0.6 is 0 Å². The second kappa shape index (κ2) is 8.07. The van der Waals surface area contributed by atoms with Crippen LogP contribution in [0.2, 0.25) is 0 Å². The molecule has 2 bridgehead atoms. The first-order valence-electron chi connectivity index (χ1n) is 12.9. The molecule has 1 amide bonds. The molecule has 0 radical (unpaired) electrons. The van der Waals surface area contributed by atoms with Crippen LogP contribution in [0.15, 0.2) is 54.6 Å². The van der Waals surface area contributed by atoms with Crippen LogP contribution in [0.25, 0.3) is 0 Å². The van der Waals surface area contributed by atoms with E-state index in [0.717, 1.165) is 48.2 Å². The van der Waals surface area contributed by atoms with Crippen LogP contribution in [0.5, 0.6) is 0 Å². The Morgan fingerprint density at radius 2 is 1.86 bits per heavy atom. The van der Waals surface area contributed by atoms with Crippen LogP contribution in [-0.4, -0.2) is 45.1 Å². The van der Waals surface area contributed by atoms with E-state index in [0.29, 0.717) is 18.7 Å². The van der Waals surface area contributed by atoms with Crippen molar-refractivity contribution in [3.63, 3.8) is 0 Å². The Morgan fingerprint density at radius 1 is 1.11 bits per heavy atom. The molecular weight excluding hydrogens is 434 g/mol. The largest absolute Gasteiger partial charge is 0.387 e. The van der Waals surface area contributed by atoms with Crippen molar-refractivity contribution in [1.82, 2.24) is 15.2 Å². The van der Waals surface area contributed by atoms with Crippen LogP contribution in [0.3, 0.4) is 0 Å². The summed E-state index contributed by atoms with van der Waals surface area (Å²) in [6, 6.07) is 18.9. The van der Waals surface area contributed by atoms with E-state index in [1.165, 1.54) is 11.1 Å². The van der Waals surface area contributed by atoms with Crippen LogP contribution in [0, 0.1) is 6.92 Å². The second-order valence-corrected chi connectivity index (χ2v) is 11.1. The number of rotatable bonds is 4. The number of aromatic amines is 1. The van der Waals surface area contributed by atoms with E-state index in [1.54, 1.807) is 0 Å². The van der Waals surface area contributed by atoms with Crippen molar-refractivity contribution in [1.29, 1.82) is 0 Å². The topological polar surface area (TPSA) is 68.4 Å². The van der Waals surface area contributed by atoms with Gasteiger partial charge in [-0.05, 0) is 68.0 Å². The minimum Gasteiger partial charge on any atom is -0.387 e. The molecule has 1 saturated heterocycles. The van der Waals surface area contributed by atoms with Gasteiger partial charge < -0.3 is 20.3 Å². The van der Waals surface area contributed by atoms with Gasteiger partial charge in [-0.1, -0.05) is 54.6 Å². The molecule has 0 unspecified atom stereocenters. The average molecular weight is 470 g/mol. The molecule has 2 aromatic carbocycles. The Bertz CT molecular complexity index is 1280. The van der Waals surface area contributed by atoms with Crippen molar-refractivity contribution in [3.8, 4) is 0 Å². The van der Waals surface area contributed by atoms with Crippen molar-refractivity contribution < 1.29 is 9.90 Å². The van der Waals surface area contributed by atoms with Crippen LogP contribution in [0.4, 0.5) is 0 Å². The van der Waals surface area contributed by atoms with Gasteiger partial charge in [-0.15, -0.1) is 0 Å². The lowest BCUT2D eigenvalue weighted by Crippen LogP contribution is -2.73. The van der Waals surface area contributed by atoms with Crippen molar-refractivity contribution in [2.45, 2.75) is 76.1 Å². The minimum atomic E-state index is -0.859. The molecule has 35 heavy (non-hydrogen) atoms. The summed E-state index contributed by atoms with van der Waals surface area (Å²) < 4.78 is 0. The summed E-state index contributed by atoms with van der Waals surface area (Å²) in [5, 5.41) is 16.0. The Hall–Kier alpha value is -2.89. The summed E-state index contributed by atoms with van der Waals surface area (Å²) >= 11 is 0. The quantitative estimate of drug-likeness (QED) is 0.540. The molecule has 2 aliphatic carbocycles. The van der Waals surface area contributed by atoms with Crippen molar-refractivity contribution in [2.24, 2.45) is 0 Å². The van der Waals surface area contributed by atoms with Gasteiger partial charge in [-0.3, -0.25) is 4.79 Å². The third kappa shape index (κ3) is 3.25. The highest BCUT2D eigenvalue weighted by atomic mass is 16.3. The number of amides is 1. The Balaban J connectivity index is 1.41. The maximum absolute atomic E-state index is 13.9. The van der Waals surface area contributed by atoms with Gasteiger partial charge in [-0.2, -0.15) is 0 Å². The van der Waals surface area contributed by atoms with E-state index in [2.05, 4.69) is 60.5 Å². The number of fused-ring (bicyclic) bond motifs is 2. The van der Waals surface area contributed by atoms with E-state index in [-0.39, 0.29) is 23.4 Å². The van der Waals surface area contributed by atoms with Gasteiger partial charge in [0.25, 0.3) is 5.91 Å². The van der Waals surface area contributed by atoms with E-state index in [9.17, 15) is 9.90 Å². The Labute approximate surface area is 207 Å². The highest BCUT2D eigenvalue weighted by Gasteiger charge is 2.63. The number of aliphatic hydroxyl groups is 1. The first-order chi connectivity index (χ1) is 16.8. The zero-order valence-electron chi connectivity index (χ0n) is 20.9. The number of H-pyrrole nitrogens is 1. The standard InChI is InChI=1S/C30H35N3O2/c1-19(2)33(18-21-9-5-4-6-10-21)28(34)27-20(3)23-16-30(35)26-15-22-11-7-8-12-24(22)29(30,13-14-31-26)17-25(23)32-27/h4-12,19,26,31-32,35H,13-18H2,1-3H3/t26-,29+,30+/m0/s1. The fourth-order valence-corrected chi connectivity index (χ4v) is 7.09. The maximum atomic E-state index is 13.9. The zero-order valence-corrected chi connectivity index (χ0v) is 20.9. The molecule has 182 valence electrons. The summed E-state index contributed by atoms with van der Waals surface area (Å²) in [7, 11) is 0. The lowest BCUT2D eigenvalue weighted by atomic mass is 9.50. The van der Waals surface area contributed by atoms with E-state index in [1.807, 2.05) is 30.0 Å². The molecule has 3 atom stereocenters. The molecule has 3 aliphatic rings. The average Bonchev–Trinajstić information content (AvgIpc) is 3.15. The van der Waals surface area contributed by atoms with E-state index in [4.69, 9.17) is 0 Å². The number of nitrogens with one attached hydrogen (secondary N) is 2. The fourth-order valence-electron chi connectivity index (χ4n) is 7.09. The number of carbonyl (C=O) groups excluding carboxylic acids is 1. The van der Waals surface area contributed by atoms with Gasteiger partial charge in [0, 0.05) is 42.6 Å². The molecule has 1 fully saturated rings. The van der Waals surface area contributed by atoms with Crippen LogP contribution < -0.4 is 5.32 Å². The smallest absolute Gasteiger partial charge is 0.271 e. The predicted octanol–water partition coefficient (Wildman–Crippen LogP) is 4.06. The van der Waals surface area contributed by atoms with Crippen LogP contribution in [0.1, 0.15) is 64.3 Å². The number of aromatic nitrogens is 1. The molecule has 1 aliphatic heterocycles. The first kappa shape index (κ1) is 22.6. The second-order valence-electron chi connectivity index (χ2n) is 11.1. The highest BCUT2D eigenvalue weighted by Crippen LogP contribution is 2.55. The normalized spacial score (nSPS) is 26.6. The highest BCUT2D eigenvalue weighted by molar-refractivity contribution is 5.95. The minimum absolute atomic E-state index is 0.0259. The first-order valence-corrected chi connectivity index (χ1v) is 12.9. The molecule has 5 heteroatoms. The van der Waals surface area contributed by atoms with Gasteiger partial charge in [0.1, 0.15) is 5.69 Å². The van der Waals surface area contributed by atoms with Crippen LogP contribution in [-0.2, 0) is 31.2 Å². The number of piperidine rings is 1. The molecule has 1 aromatic heterocycles. The number of benzene rings is 2.